The van der Waals surface area contributed by atoms with Gasteiger partial charge in [0.25, 0.3) is 0 Å². The summed E-state index contributed by atoms with van der Waals surface area (Å²) in [6, 6.07) is 0.439. The second kappa shape index (κ2) is 6.87. The Bertz CT molecular complexity index is 329. The summed E-state index contributed by atoms with van der Waals surface area (Å²) in [5.74, 6) is -0.675. The number of hydrogen-bond donors (Lipinski definition) is 2. The van der Waals surface area contributed by atoms with E-state index in [0.29, 0.717) is 6.04 Å². The Hall–Kier alpha value is -0.650. The number of carboxylic acids is 1. The third kappa shape index (κ3) is 3.32. The molecular formula is C15H29N3O2. The first kappa shape index (κ1) is 15.7. The summed E-state index contributed by atoms with van der Waals surface area (Å²) < 4.78 is 0. The largest absolute Gasteiger partial charge is 0.480 e. The molecule has 2 aliphatic rings. The highest BCUT2D eigenvalue weighted by molar-refractivity contribution is 5.79. The molecule has 116 valence electrons. The van der Waals surface area contributed by atoms with Gasteiger partial charge in [0.15, 0.2) is 0 Å². The molecule has 0 bridgehead atoms. The zero-order chi connectivity index (χ0) is 14.6. The van der Waals surface area contributed by atoms with Crippen molar-refractivity contribution < 1.29 is 9.90 Å². The van der Waals surface area contributed by atoms with Crippen molar-refractivity contribution in [2.24, 2.45) is 0 Å². The third-order valence-electron chi connectivity index (χ3n) is 4.88. The number of likely N-dealkylation sites (N-methyl/N-ethyl adjacent to an activating group) is 1. The van der Waals surface area contributed by atoms with Crippen molar-refractivity contribution in [3.05, 3.63) is 0 Å². The van der Waals surface area contributed by atoms with Gasteiger partial charge in [0, 0.05) is 32.2 Å². The van der Waals surface area contributed by atoms with Crippen molar-refractivity contribution in [3.63, 3.8) is 0 Å². The van der Waals surface area contributed by atoms with Crippen LogP contribution >= 0.6 is 0 Å². The molecule has 5 heteroatoms. The Morgan fingerprint density at radius 2 is 2.00 bits per heavy atom. The minimum atomic E-state index is -0.681. The molecule has 2 fully saturated rings. The van der Waals surface area contributed by atoms with Gasteiger partial charge in [0.2, 0.25) is 0 Å². The van der Waals surface area contributed by atoms with Crippen LogP contribution in [0.1, 0.15) is 39.5 Å². The van der Waals surface area contributed by atoms with E-state index in [1.807, 2.05) is 6.92 Å². The smallest absolute Gasteiger partial charge is 0.323 e. The molecule has 2 N–H and O–H groups in total. The number of rotatable bonds is 6. The molecule has 2 atom stereocenters. The zero-order valence-electron chi connectivity index (χ0n) is 12.9. The summed E-state index contributed by atoms with van der Waals surface area (Å²) >= 11 is 0. The molecule has 1 aliphatic carbocycles. The van der Waals surface area contributed by atoms with Crippen LogP contribution < -0.4 is 5.32 Å². The van der Waals surface area contributed by atoms with Crippen molar-refractivity contribution in [2.45, 2.75) is 51.1 Å². The molecule has 0 aromatic carbocycles. The van der Waals surface area contributed by atoms with Crippen LogP contribution in [0.5, 0.6) is 0 Å². The molecule has 1 saturated heterocycles. The number of hydrogen-bond acceptors (Lipinski definition) is 4. The van der Waals surface area contributed by atoms with Crippen LogP contribution in [0.2, 0.25) is 0 Å². The number of carboxylic acid groups (broad SMARTS) is 1. The Balaban J connectivity index is 1.88. The fraction of sp³-hybridized carbons (Fsp3) is 0.933. The summed E-state index contributed by atoms with van der Waals surface area (Å²) in [6.07, 6.45) is 3.74. The van der Waals surface area contributed by atoms with Crippen molar-refractivity contribution >= 4 is 5.97 Å². The van der Waals surface area contributed by atoms with Crippen LogP contribution in [-0.2, 0) is 4.79 Å². The van der Waals surface area contributed by atoms with Gasteiger partial charge in [0.1, 0.15) is 5.54 Å². The molecule has 0 aromatic rings. The average molecular weight is 283 g/mol. The molecule has 2 unspecified atom stereocenters. The standard InChI is InChI=1S/C15H29N3O2/c1-3-7-17-8-10-18(11-9-17)13-5-6-15(12-13,14(19)20)16-4-2/h13,16H,3-12H2,1-2H3,(H,19,20). The third-order valence-corrected chi connectivity index (χ3v) is 4.88. The van der Waals surface area contributed by atoms with Gasteiger partial charge < -0.3 is 15.3 Å². The van der Waals surface area contributed by atoms with Gasteiger partial charge in [-0.2, -0.15) is 0 Å². The molecule has 1 aliphatic heterocycles. The van der Waals surface area contributed by atoms with Gasteiger partial charge in [-0.1, -0.05) is 13.8 Å². The Labute approximate surface area is 122 Å². The highest BCUT2D eigenvalue weighted by Crippen LogP contribution is 2.33. The maximum atomic E-state index is 11.6. The van der Waals surface area contributed by atoms with E-state index in [4.69, 9.17) is 0 Å². The Morgan fingerprint density at radius 1 is 1.30 bits per heavy atom. The second-order valence-electron chi connectivity index (χ2n) is 6.19. The molecule has 5 nitrogen and oxygen atoms in total. The predicted molar refractivity (Wildman–Crippen MR) is 80.0 cm³/mol. The fourth-order valence-corrected chi connectivity index (χ4v) is 3.77. The minimum Gasteiger partial charge on any atom is -0.480 e. The predicted octanol–water partition coefficient (Wildman–Crippen LogP) is 0.999. The summed E-state index contributed by atoms with van der Waals surface area (Å²) in [4.78, 5) is 16.6. The topological polar surface area (TPSA) is 55.8 Å². The first-order valence-corrected chi connectivity index (χ1v) is 8.06. The number of aliphatic carboxylic acids is 1. The lowest BCUT2D eigenvalue weighted by Gasteiger charge is -2.38. The van der Waals surface area contributed by atoms with Crippen molar-refractivity contribution in [2.75, 3.05) is 39.3 Å². The normalized spacial score (nSPS) is 32.6. The summed E-state index contributed by atoms with van der Waals surface area (Å²) in [7, 11) is 0. The van der Waals surface area contributed by atoms with Crippen LogP contribution in [0, 0.1) is 0 Å². The first-order chi connectivity index (χ1) is 9.61. The van der Waals surface area contributed by atoms with E-state index in [9.17, 15) is 9.90 Å². The highest BCUT2D eigenvalue weighted by atomic mass is 16.4. The van der Waals surface area contributed by atoms with Crippen LogP contribution in [0.4, 0.5) is 0 Å². The average Bonchev–Trinajstić information content (AvgIpc) is 2.86. The second-order valence-corrected chi connectivity index (χ2v) is 6.19. The van der Waals surface area contributed by atoms with Crippen LogP contribution in [0.3, 0.4) is 0 Å². The van der Waals surface area contributed by atoms with Gasteiger partial charge in [-0.3, -0.25) is 9.69 Å². The van der Waals surface area contributed by atoms with Crippen molar-refractivity contribution in [1.82, 2.24) is 15.1 Å². The van der Waals surface area contributed by atoms with E-state index in [1.165, 1.54) is 13.0 Å². The van der Waals surface area contributed by atoms with E-state index < -0.39 is 11.5 Å². The summed E-state index contributed by atoms with van der Waals surface area (Å²) in [5.41, 5.74) is -0.681. The molecule has 0 radical (unpaired) electrons. The van der Waals surface area contributed by atoms with E-state index in [2.05, 4.69) is 22.0 Å². The molecular weight excluding hydrogens is 254 g/mol. The minimum absolute atomic E-state index is 0.439. The molecule has 20 heavy (non-hydrogen) atoms. The Morgan fingerprint density at radius 3 is 2.55 bits per heavy atom. The molecule has 0 spiro atoms. The molecule has 0 aromatic heterocycles. The monoisotopic (exact) mass is 283 g/mol. The highest BCUT2D eigenvalue weighted by Gasteiger charge is 2.46. The number of nitrogens with one attached hydrogen (secondary N) is 1. The van der Waals surface area contributed by atoms with Crippen LogP contribution in [-0.4, -0.2) is 71.7 Å². The maximum Gasteiger partial charge on any atom is 0.323 e. The van der Waals surface area contributed by atoms with Crippen LogP contribution in [0.25, 0.3) is 0 Å². The molecule has 2 rings (SSSR count). The van der Waals surface area contributed by atoms with Gasteiger partial charge in [-0.15, -0.1) is 0 Å². The van der Waals surface area contributed by atoms with Gasteiger partial charge >= 0.3 is 5.97 Å². The zero-order valence-corrected chi connectivity index (χ0v) is 12.9. The SMILES string of the molecule is CCCN1CCN(C2CCC(NCC)(C(=O)O)C2)CC1. The number of piperazine rings is 1. The quantitative estimate of drug-likeness (QED) is 0.761. The van der Waals surface area contributed by atoms with Crippen molar-refractivity contribution in [1.29, 1.82) is 0 Å². The maximum absolute atomic E-state index is 11.6. The van der Waals surface area contributed by atoms with Crippen molar-refractivity contribution in [3.8, 4) is 0 Å². The Kier molecular flexibility index (Phi) is 5.41. The van der Waals surface area contributed by atoms with E-state index in [-0.39, 0.29) is 0 Å². The van der Waals surface area contributed by atoms with E-state index in [1.54, 1.807) is 0 Å². The van der Waals surface area contributed by atoms with E-state index >= 15 is 0 Å². The lowest BCUT2D eigenvalue weighted by Crippen LogP contribution is -2.53. The van der Waals surface area contributed by atoms with E-state index in [0.717, 1.165) is 52.0 Å². The van der Waals surface area contributed by atoms with Crippen LogP contribution in [0.15, 0.2) is 0 Å². The molecule has 1 heterocycles. The van der Waals surface area contributed by atoms with Gasteiger partial charge in [-0.25, -0.2) is 0 Å². The fourth-order valence-electron chi connectivity index (χ4n) is 3.77. The molecule has 0 amide bonds. The first-order valence-electron chi connectivity index (χ1n) is 8.06. The lowest BCUT2D eigenvalue weighted by atomic mass is 9.97. The summed E-state index contributed by atoms with van der Waals surface area (Å²) in [5, 5.41) is 12.8. The summed E-state index contributed by atoms with van der Waals surface area (Å²) in [6.45, 7) is 10.6. The number of carbonyl (C=O) groups is 1. The van der Waals surface area contributed by atoms with Gasteiger partial charge in [0.05, 0.1) is 0 Å². The number of nitrogens with zero attached hydrogens (tertiary/aromatic N) is 2. The lowest BCUT2D eigenvalue weighted by molar-refractivity contribution is -0.144. The van der Waals surface area contributed by atoms with Gasteiger partial charge in [-0.05, 0) is 38.8 Å². The molecule has 1 saturated carbocycles.